The van der Waals surface area contributed by atoms with Crippen molar-refractivity contribution in [3.05, 3.63) is 96.1 Å². The normalized spacial score (nSPS) is 12.0. The van der Waals surface area contributed by atoms with Crippen LogP contribution in [0.25, 0.3) is 0 Å². The highest BCUT2D eigenvalue weighted by molar-refractivity contribution is 6.06. The molecule has 186 valence electrons. The van der Waals surface area contributed by atoms with Crippen LogP contribution >= 0.6 is 0 Å². The van der Waals surface area contributed by atoms with E-state index in [2.05, 4.69) is 10.9 Å². The van der Waals surface area contributed by atoms with Gasteiger partial charge in [0, 0.05) is 11.1 Å². The molecule has 0 aromatic heterocycles. The summed E-state index contributed by atoms with van der Waals surface area (Å²) in [5.74, 6) is 3.85. The van der Waals surface area contributed by atoms with E-state index in [1.54, 1.807) is 54.6 Å². The zero-order valence-corrected chi connectivity index (χ0v) is 19.7. The van der Waals surface area contributed by atoms with Crippen molar-refractivity contribution >= 4 is 23.6 Å². The molecule has 4 amide bonds. The zero-order chi connectivity index (χ0) is 26.1. The molecular weight excluding hydrogens is 464 g/mol. The summed E-state index contributed by atoms with van der Waals surface area (Å²) in [7, 11) is 0. The van der Waals surface area contributed by atoms with Gasteiger partial charge in [-0.25, -0.2) is 10.9 Å². The molecule has 0 heterocycles. The number of hydrazine groups is 2. The van der Waals surface area contributed by atoms with Gasteiger partial charge < -0.3 is 9.47 Å². The third kappa shape index (κ3) is 6.90. The molecule has 3 rings (SSSR count). The Morgan fingerprint density at radius 3 is 1.83 bits per heavy atom. The van der Waals surface area contributed by atoms with Crippen LogP contribution in [0.15, 0.2) is 84.9 Å². The molecule has 10 heteroatoms. The number of carbonyl (C=O) groups is 4. The van der Waals surface area contributed by atoms with Gasteiger partial charge in [0.25, 0.3) is 23.6 Å². The van der Waals surface area contributed by atoms with Crippen LogP contribution in [0.5, 0.6) is 11.5 Å². The number of carbonyl (C=O) groups excluding carboxylic acids is 4. The molecule has 0 aliphatic heterocycles. The molecule has 0 saturated heterocycles. The molecule has 36 heavy (non-hydrogen) atoms. The Morgan fingerprint density at radius 2 is 1.25 bits per heavy atom. The second kappa shape index (κ2) is 12.1. The highest BCUT2D eigenvalue weighted by Gasteiger charge is 2.26. The van der Waals surface area contributed by atoms with Gasteiger partial charge >= 0.3 is 0 Å². The van der Waals surface area contributed by atoms with E-state index in [0.717, 1.165) is 0 Å². The second-order valence-corrected chi connectivity index (χ2v) is 7.68. The van der Waals surface area contributed by atoms with E-state index in [1.165, 1.54) is 38.1 Å². The molecular formula is C26H26N4O6. The summed E-state index contributed by atoms with van der Waals surface area (Å²) in [5.41, 5.74) is 4.60. The number of hydrogen-bond donors (Lipinski definition) is 3. The molecule has 0 fully saturated rings. The first-order chi connectivity index (χ1) is 17.3. The molecule has 3 aromatic rings. The zero-order valence-electron chi connectivity index (χ0n) is 19.7. The number of nitrogens with two attached hydrogens (primary N) is 1. The van der Waals surface area contributed by atoms with Crippen molar-refractivity contribution in [2.24, 2.45) is 5.84 Å². The Hall–Kier alpha value is -4.70. The Kier molecular flexibility index (Phi) is 8.73. The highest BCUT2D eigenvalue weighted by atomic mass is 16.5. The van der Waals surface area contributed by atoms with Gasteiger partial charge in [-0.3, -0.25) is 30.0 Å². The van der Waals surface area contributed by atoms with Crippen molar-refractivity contribution < 1.29 is 28.7 Å². The van der Waals surface area contributed by atoms with Crippen LogP contribution in [-0.4, -0.2) is 40.8 Å². The van der Waals surface area contributed by atoms with Gasteiger partial charge in [-0.05, 0) is 56.3 Å². The fraction of sp³-hybridized carbons (Fsp3) is 0.154. The fourth-order valence-electron chi connectivity index (χ4n) is 3.03. The Morgan fingerprint density at radius 1 is 0.722 bits per heavy atom. The van der Waals surface area contributed by atoms with Gasteiger partial charge in [0.2, 0.25) is 0 Å². The average Bonchev–Trinajstić information content (AvgIpc) is 2.91. The Balaban J connectivity index is 1.57. The quantitative estimate of drug-likeness (QED) is 0.250. The molecule has 0 radical (unpaired) electrons. The number of rotatable bonds is 8. The molecule has 0 aliphatic carbocycles. The predicted molar refractivity (Wildman–Crippen MR) is 130 cm³/mol. The van der Waals surface area contributed by atoms with Crippen molar-refractivity contribution in [1.82, 2.24) is 15.9 Å². The third-order valence-corrected chi connectivity index (χ3v) is 4.96. The first-order valence-electron chi connectivity index (χ1n) is 11.0. The molecule has 4 N–H and O–H groups in total. The van der Waals surface area contributed by atoms with Gasteiger partial charge in [-0.15, -0.1) is 0 Å². The Labute approximate surface area is 207 Å². The molecule has 0 aliphatic rings. The first-order valence-corrected chi connectivity index (χ1v) is 11.0. The minimum Gasteiger partial charge on any atom is -0.481 e. The van der Waals surface area contributed by atoms with Gasteiger partial charge in [-0.1, -0.05) is 42.5 Å². The van der Waals surface area contributed by atoms with E-state index >= 15 is 0 Å². The van der Waals surface area contributed by atoms with Crippen molar-refractivity contribution in [3.8, 4) is 11.5 Å². The highest BCUT2D eigenvalue weighted by Crippen LogP contribution is 2.14. The van der Waals surface area contributed by atoms with Crippen molar-refractivity contribution in [3.63, 3.8) is 0 Å². The molecule has 3 aromatic carbocycles. The summed E-state index contributed by atoms with van der Waals surface area (Å²) in [6.45, 7) is 3.00. The lowest BCUT2D eigenvalue weighted by Gasteiger charge is -2.20. The van der Waals surface area contributed by atoms with E-state index in [9.17, 15) is 19.2 Å². The monoisotopic (exact) mass is 490 g/mol. The van der Waals surface area contributed by atoms with Gasteiger partial charge in [0.05, 0.1) is 0 Å². The number of nitrogens with zero attached hydrogens (tertiary/aromatic N) is 1. The molecule has 10 nitrogen and oxygen atoms in total. The van der Waals surface area contributed by atoms with E-state index in [-0.39, 0.29) is 11.1 Å². The summed E-state index contributed by atoms with van der Waals surface area (Å²) in [4.78, 5) is 50.1. The summed E-state index contributed by atoms with van der Waals surface area (Å²) < 4.78 is 11.0. The van der Waals surface area contributed by atoms with Crippen molar-refractivity contribution in [2.75, 3.05) is 0 Å². The van der Waals surface area contributed by atoms with Crippen molar-refractivity contribution in [2.45, 2.75) is 26.1 Å². The SMILES string of the molecule is CC(Oc1ccccc1)C(=O)NNC(=O)c1cccc(C(=O)N(N)C(=O)C(C)Oc2ccccc2)c1. The van der Waals surface area contributed by atoms with Crippen LogP contribution in [0.4, 0.5) is 0 Å². The van der Waals surface area contributed by atoms with Crippen LogP contribution in [-0.2, 0) is 9.59 Å². The molecule has 0 spiro atoms. The number of benzene rings is 3. The average molecular weight is 491 g/mol. The molecule has 0 bridgehead atoms. The lowest BCUT2D eigenvalue weighted by atomic mass is 10.1. The van der Waals surface area contributed by atoms with Gasteiger partial charge in [0.1, 0.15) is 11.5 Å². The van der Waals surface area contributed by atoms with Crippen LogP contribution in [0.1, 0.15) is 34.6 Å². The second-order valence-electron chi connectivity index (χ2n) is 7.68. The maximum atomic E-state index is 12.8. The molecule has 2 unspecified atom stereocenters. The number of nitrogens with one attached hydrogen (secondary N) is 2. The summed E-state index contributed by atoms with van der Waals surface area (Å²) in [5, 5.41) is 0.439. The van der Waals surface area contributed by atoms with E-state index in [1.807, 2.05) is 6.07 Å². The number of amides is 4. The lowest BCUT2D eigenvalue weighted by molar-refractivity contribution is -0.135. The number of hydrogen-bond acceptors (Lipinski definition) is 7. The van der Waals surface area contributed by atoms with E-state index in [4.69, 9.17) is 15.3 Å². The summed E-state index contributed by atoms with van der Waals surface area (Å²) >= 11 is 0. The minimum absolute atomic E-state index is 0.00230. The summed E-state index contributed by atoms with van der Waals surface area (Å²) in [6, 6.07) is 22.9. The number of imide groups is 1. The van der Waals surface area contributed by atoms with Gasteiger partial charge in [-0.2, -0.15) is 0 Å². The van der Waals surface area contributed by atoms with Crippen LogP contribution in [0.2, 0.25) is 0 Å². The van der Waals surface area contributed by atoms with Crippen LogP contribution in [0.3, 0.4) is 0 Å². The largest absolute Gasteiger partial charge is 0.481 e. The molecule has 0 saturated carbocycles. The Bertz CT molecular complexity index is 1220. The smallest absolute Gasteiger partial charge is 0.284 e. The number of para-hydroxylation sites is 2. The van der Waals surface area contributed by atoms with Crippen molar-refractivity contribution in [1.29, 1.82) is 0 Å². The van der Waals surface area contributed by atoms with Gasteiger partial charge in [0.15, 0.2) is 12.2 Å². The first kappa shape index (κ1) is 25.9. The third-order valence-electron chi connectivity index (χ3n) is 4.96. The maximum absolute atomic E-state index is 12.8. The van der Waals surface area contributed by atoms with Crippen LogP contribution < -0.4 is 26.2 Å². The van der Waals surface area contributed by atoms with E-state index < -0.39 is 35.8 Å². The predicted octanol–water partition coefficient (Wildman–Crippen LogP) is 2.23. The minimum atomic E-state index is -1.02. The lowest BCUT2D eigenvalue weighted by Crippen LogP contribution is -2.48. The topological polar surface area (TPSA) is 140 Å². The fourth-order valence-corrected chi connectivity index (χ4v) is 3.03. The standard InChI is InChI=1S/C26H26N4O6/c1-17(35-21-12-5-3-6-13-21)23(31)28-29-24(32)19-10-9-11-20(16-19)26(34)30(27)25(33)18(2)36-22-14-7-4-8-15-22/h3-18H,27H2,1-2H3,(H,28,31)(H,29,32). The summed E-state index contributed by atoms with van der Waals surface area (Å²) in [6.07, 6.45) is -1.90. The number of ether oxygens (including phenoxy) is 2. The maximum Gasteiger partial charge on any atom is 0.284 e. The molecule has 2 atom stereocenters. The van der Waals surface area contributed by atoms with E-state index in [0.29, 0.717) is 16.5 Å². The van der Waals surface area contributed by atoms with Crippen LogP contribution in [0, 0.1) is 0 Å².